The van der Waals surface area contributed by atoms with Crippen molar-refractivity contribution in [2.24, 2.45) is 0 Å². The third kappa shape index (κ3) is 3.38. The van der Waals surface area contributed by atoms with E-state index < -0.39 is 10.9 Å². The van der Waals surface area contributed by atoms with Gasteiger partial charge in [0.2, 0.25) is 0 Å². The smallest absolute Gasteiger partial charge is 0.336 e. The number of benzene rings is 2. The van der Waals surface area contributed by atoms with Crippen LogP contribution >= 0.6 is 15.9 Å². The zero-order valence-electron chi connectivity index (χ0n) is 11.0. The second-order valence-corrected chi connectivity index (χ2v) is 5.24. The van der Waals surface area contributed by atoms with Crippen LogP contribution in [0, 0.1) is 17.0 Å². The number of carboxylic acids is 1. The summed E-state index contributed by atoms with van der Waals surface area (Å²) < 4.78 is 0.522. The summed E-state index contributed by atoms with van der Waals surface area (Å²) in [5.74, 6) is -1.00. The number of carboxylic acid groups (broad SMARTS) is 1. The Hall–Kier alpha value is -2.41. The van der Waals surface area contributed by atoms with Gasteiger partial charge in [-0.3, -0.25) is 10.1 Å². The molecule has 0 aliphatic heterocycles. The molecule has 0 radical (unpaired) electrons. The Morgan fingerprint density at radius 2 is 2.00 bits per heavy atom. The standard InChI is InChI=1S/C14H11BrN2O4/c1-8-2-3-9(6-11(8)14(18)19)16-13-5-4-10(17(20)21)7-12(13)15/h2-7,16H,1H3,(H,18,19). The summed E-state index contributed by atoms with van der Waals surface area (Å²) in [5, 5.41) is 22.8. The van der Waals surface area contributed by atoms with E-state index in [9.17, 15) is 14.9 Å². The lowest BCUT2D eigenvalue weighted by Gasteiger charge is -2.10. The van der Waals surface area contributed by atoms with Gasteiger partial charge in [-0.2, -0.15) is 0 Å². The first-order chi connectivity index (χ1) is 9.88. The van der Waals surface area contributed by atoms with Gasteiger partial charge in [-0.1, -0.05) is 6.07 Å². The van der Waals surface area contributed by atoms with Gasteiger partial charge in [-0.15, -0.1) is 0 Å². The highest BCUT2D eigenvalue weighted by atomic mass is 79.9. The second kappa shape index (κ2) is 5.92. The van der Waals surface area contributed by atoms with Crippen LogP contribution in [-0.4, -0.2) is 16.0 Å². The lowest BCUT2D eigenvalue weighted by molar-refractivity contribution is -0.384. The molecule has 0 bridgehead atoms. The van der Waals surface area contributed by atoms with Crippen molar-refractivity contribution in [1.29, 1.82) is 0 Å². The lowest BCUT2D eigenvalue weighted by Crippen LogP contribution is -2.01. The van der Waals surface area contributed by atoms with E-state index in [1.165, 1.54) is 18.2 Å². The first-order valence-corrected chi connectivity index (χ1v) is 6.72. The highest BCUT2D eigenvalue weighted by Gasteiger charge is 2.11. The number of rotatable bonds is 4. The van der Waals surface area contributed by atoms with Crippen LogP contribution < -0.4 is 5.32 Å². The number of nitrogens with zero attached hydrogens (tertiary/aromatic N) is 1. The number of anilines is 2. The predicted molar refractivity (Wildman–Crippen MR) is 82.2 cm³/mol. The molecule has 6 nitrogen and oxygen atoms in total. The van der Waals surface area contributed by atoms with Crippen molar-refractivity contribution in [2.45, 2.75) is 6.92 Å². The normalized spacial score (nSPS) is 10.2. The number of hydrogen-bond acceptors (Lipinski definition) is 4. The number of nitrogens with one attached hydrogen (secondary N) is 1. The van der Waals surface area contributed by atoms with Crippen molar-refractivity contribution in [3.63, 3.8) is 0 Å². The molecular weight excluding hydrogens is 340 g/mol. The molecule has 0 heterocycles. The molecule has 0 saturated heterocycles. The third-order valence-corrected chi connectivity index (χ3v) is 3.57. The van der Waals surface area contributed by atoms with E-state index >= 15 is 0 Å². The largest absolute Gasteiger partial charge is 0.478 e. The predicted octanol–water partition coefficient (Wildman–Crippen LogP) is 4.11. The number of hydrogen-bond donors (Lipinski definition) is 2. The number of halogens is 1. The van der Waals surface area contributed by atoms with Crippen LogP contribution in [0.4, 0.5) is 17.1 Å². The summed E-state index contributed by atoms with van der Waals surface area (Å²) >= 11 is 3.25. The first kappa shape index (κ1) is 15.0. The van der Waals surface area contributed by atoms with Gasteiger partial charge < -0.3 is 10.4 Å². The Bertz CT molecular complexity index is 731. The van der Waals surface area contributed by atoms with E-state index in [1.54, 1.807) is 25.1 Å². The maximum atomic E-state index is 11.1. The molecule has 0 unspecified atom stereocenters. The van der Waals surface area contributed by atoms with Gasteiger partial charge in [0.1, 0.15) is 0 Å². The highest BCUT2D eigenvalue weighted by molar-refractivity contribution is 9.10. The van der Waals surface area contributed by atoms with Crippen LogP contribution in [0.15, 0.2) is 40.9 Å². The average molecular weight is 351 g/mol. The van der Waals surface area contributed by atoms with Gasteiger partial charge in [0, 0.05) is 22.3 Å². The number of non-ortho nitro benzene ring substituents is 1. The molecule has 0 aliphatic carbocycles. The summed E-state index contributed by atoms with van der Waals surface area (Å²) in [6.45, 7) is 1.72. The molecule has 2 N–H and O–H groups in total. The van der Waals surface area contributed by atoms with Crippen molar-refractivity contribution in [2.75, 3.05) is 5.32 Å². The Morgan fingerprint density at radius 3 is 2.57 bits per heavy atom. The van der Waals surface area contributed by atoms with Gasteiger partial charge in [-0.05, 0) is 46.6 Å². The van der Waals surface area contributed by atoms with Crippen molar-refractivity contribution in [3.05, 3.63) is 62.1 Å². The van der Waals surface area contributed by atoms with Gasteiger partial charge in [-0.25, -0.2) is 4.79 Å². The fourth-order valence-corrected chi connectivity index (χ4v) is 2.27. The number of aryl methyl sites for hydroxylation is 1. The monoisotopic (exact) mass is 350 g/mol. The van der Waals surface area contributed by atoms with Crippen molar-refractivity contribution < 1.29 is 14.8 Å². The van der Waals surface area contributed by atoms with Crippen LogP contribution in [0.5, 0.6) is 0 Å². The van der Waals surface area contributed by atoms with Crippen LogP contribution in [-0.2, 0) is 0 Å². The number of carbonyl (C=O) groups is 1. The zero-order valence-corrected chi connectivity index (χ0v) is 12.5. The Balaban J connectivity index is 2.32. The average Bonchev–Trinajstić information content (AvgIpc) is 2.42. The Labute approximate surface area is 128 Å². The second-order valence-electron chi connectivity index (χ2n) is 4.38. The van der Waals surface area contributed by atoms with Crippen LogP contribution in [0.3, 0.4) is 0 Å². The van der Waals surface area contributed by atoms with Gasteiger partial charge in [0.05, 0.1) is 16.2 Å². The molecule has 0 aromatic heterocycles. The molecule has 0 amide bonds. The molecule has 108 valence electrons. The maximum absolute atomic E-state index is 11.1. The van der Waals surface area contributed by atoms with E-state index in [1.807, 2.05) is 0 Å². The molecular formula is C14H11BrN2O4. The third-order valence-electron chi connectivity index (χ3n) is 2.91. The Kier molecular flexibility index (Phi) is 4.23. The summed E-state index contributed by atoms with van der Waals surface area (Å²) in [5.41, 5.74) is 2.05. The van der Waals surface area contributed by atoms with E-state index in [4.69, 9.17) is 5.11 Å². The fraction of sp³-hybridized carbons (Fsp3) is 0.0714. The van der Waals surface area contributed by atoms with Crippen molar-refractivity contribution in [3.8, 4) is 0 Å². The summed E-state index contributed by atoms with van der Waals surface area (Å²) in [7, 11) is 0. The number of aromatic carboxylic acids is 1. The SMILES string of the molecule is Cc1ccc(Nc2ccc([N+](=O)[O-])cc2Br)cc1C(=O)O. The molecule has 0 spiro atoms. The molecule has 0 fully saturated rings. The Morgan fingerprint density at radius 1 is 1.29 bits per heavy atom. The molecule has 2 rings (SSSR count). The summed E-state index contributed by atoms with van der Waals surface area (Å²) in [6, 6.07) is 9.28. The molecule has 2 aromatic rings. The maximum Gasteiger partial charge on any atom is 0.336 e. The summed E-state index contributed by atoms with van der Waals surface area (Å²) in [6.07, 6.45) is 0. The molecule has 2 aromatic carbocycles. The molecule has 0 saturated carbocycles. The minimum Gasteiger partial charge on any atom is -0.478 e. The lowest BCUT2D eigenvalue weighted by atomic mass is 10.1. The molecule has 0 atom stereocenters. The first-order valence-electron chi connectivity index (χ1n) is 5.93. The fourth-order valence-electron chi connectivity index (χ4n) is 1.80. The van der Waals surface area contributed by atoms with Crippen LogP contribution in [0.25, 0.3) is 0 Å². The van der Waals surface area contributed by atoms with E-state index in [-0.39, 0.29) is 11.3 Å². The number of nitro benzene ring substituents is 1. The van der Waals surface area contributed by atoms with E-state index in [0.717, 1.165) is 0 Å². The van der Waals surface area contributed by atoms with Gasteiger partial charge in [0.15, 0.2) is 0 Å². The topological polar surface area (TPSA) is 92.5 Å². The minimum absolute atomic E-state index is 0.0254. The van der Waals surface area contributed by atoms with Crippen molar-refractivity contribution in [1.82, 2.24) is 0 Å². The zero-order chi connectivity index (χ0) is 15.6. The van der Waals surface area contributed by atoms with Crippen LogP contribution in [0.2, 0.25) is 0 Å². The van der Waals surface area contributed by atoms with Gasteiger partial charge >= 0.3 is 5.97 Å². The molecule has 21 heavy (non-hydrogen) atoms. The minimum atomic E-state index is -1.00. The van der Waals surface area contributed by atoms with E-state index in [0.29, 0.717) is 21.4 Å². The van der Waals surface area contributed by atoms with Gasteiger partial charge in [0.25, 0.3) is 5.69 Å². The van der Waals surface area contributed by atoms with Crippen molar-refractivity contribution >= 4 is 39.0 Å². The quantitative estimate of drug-likeness (QED) is 0.639. The van der Waals surface area contributed by atoms with Crippen LogP contribution in [0.1, 0.15) is 15.9 Å². The molecule has 7 heteroatoms. The van der Waals surface area contributed by atoms with E-state index in [2.05, 4.69) is 21.2 Å². The highest BCUT2D eigenvalue weighted by Crippen LogP contribution is 2.30. The summed E-state index contributed by atoms with van der Waals surface area (Å²) in [4.78, 5) is 21.3. The molecule has 0 aliphatic rings. The number of nitro groups is 1.